The van der Waals surface area contributed by atoms with Gasteiger partial charge in [0.1, 0.15) is 0 Å². The quantitative estimate of drug-likeness (QED) is 0.729. The van der Waals surface area contributed by atoms with Gasteiger partial charge in [-0.15, -0.1) is 0 Å². The van der Waals surface area contributed by atoms with E-state index in [4.69, 9.17) is 5.73 Å². The second-order valence-electron chi connectivity index (χ2n) is 5.94. The molecule has 0 radical (unpaired) electrons. The minimum absolute atomic E-state index is 0.249. The van der Waals surface area contributed by atoms with Crippen molar-refractivity contribution in [2.45, 2.75) is 46.0 Å². The van der Waals surface area contributed by atoms with E-state index in [2.05, 4.69) is 18.7 Å². The number of hydrogen-bond donors (Lipinski definition) is 1. The van der Waals surface area contributed by atoms with Crippen LogP contribution in [-0.4, -0.2) is 55.5 Å². The third-order valence-corrected chi connectivity index (χ3v) is 4.78. The zero-order valence-electron chi connectivity index (χ0n) is 13.0. The number of likely N-dealkylation sites (tertiary alicyclic amines) is 1. The predicted octanol–water partition coefficient (Wildman–Crippen LogP) is 1.70. The Labute approximate surface area is 118 Å². The predicted molar refractivity (Wildman–Crippen MR) is 80.0 cm³/mol. The van der Waals surface area contributed by atoms with Gasteiger partial charge in [-0.25, -0.2) is 0 Å². The Kier molecular flexibility index (Phi) is 6.80. The molecular formula is C15H31N3O. The van der Waals surface area contributed by atoms with E-state index in [-0.39, 0.29) is 5.91 Å². The first-order valence-electron chi connectivity index (χ1n) is 7.73. The smallest absolute Gasteiger partial charge is 0.223 e. The molecular weight excluding hydrogens is 238 g/mol. The fraction of sp³-hybridized carbons (Fsp3) is 0.933. The van der Waals surface area contributed by atoms with E-state index in [0.29, 0.717) is 18.4 Å². The molecule has 0 aromatic rings. The Morgan fingerprint density at radius 2 is 2.05 bits per heavy atom. The molecule has 1 fully saturated rings. The number of nitrogens with two attached hydrogens (primary N) is 1. The Hall–Kier alpha value is -0.610. The molecule has 4 heteroatoms. The Balaban J connectivity index is 2.28. The number of carbonyl (C=O) groups is 1. The van der Waals surface area contributed by atoms with Gasteiger partial charge in [0.05, 0.1) is 0 Å². The van der Waals surface area contributed by atoms with Crippen molar-refractivity contribution in [1.82, 2.24) is 9.80 Å². The summed E-state index contributed by atoms with van der Waals surface area (Å²) < 4.78 is 0. The zero-order chi connectivity index (χ0) is 14.3. The molecule has 0 unspecified atom stereocenters. The Morgan fingerprint density at radius 3 is 2.58 bits per heavy atom. The molecule has 1 aliphatic heterocycles. The fourth-order valence-electron chi connectivity index (χ4n) is 2.94. The van der Waals surface area contributed by atoms with Crippen LogP contribution in [0, 0.1) is 5.41 Å². The zero-order valence-corrected chi connectivity index (χ0v) is 13.0. The second-order valence-corrected chi connectivity index (χ2v) is 5.94. The first-order chi connectivity index (χ1) is 9.06. The Morgan fingerprint density at radius 1 is 1.37 bits per heavy atom. The van der Waals surface area contributed by atoms with E-state index in [1.165, 1.54) is 25.8 Å². The molecule has 0 saturated carbocycles. The van der Waals surface area contributed by atoms with Crippen LogP contribution in [0.2, 0.25) is 0 Å². The SMILES string of the molecule is CCC1(CC)CCN(CCC(=O)N(C)CCCN)C1. The molecule has 1 heterocycles. The van der Waals surface area contributed by atoms with Crippen molar-refractivity contribution in [2.24, 2.45) is 11.1 Å². The van der Waals surface area contributed by atoms with Gasteiger partial charge >= 0.3 is 0 Å². The maximum Gasteiger partial charge on any atom is 0.223 e. The number of hydrogen-bond acceptors (Lipinski definition) is 3. The molecule has 1 saturated heterocycles. The lowest BCUT2D eigenvalue weighted by molar-refractivity contribution is -0.130. The highest BCUT2D eigenvalue weighted by Crippen LogP contribution is 2.36. The molecule has 0 bridgehead atoms. The van der Waals surface area contributed by atoms with Crippen LogP contribution in [0.4, 0.5) is 0 Å². The first kappa shape index (κ1) is 16.4. The number of rotatable bonds is 8. The van der Waals surface area contributed by atoms with Crippen LogP contribution in [0.1, 0.15) is 46.0 Å². The first-order valence-corrected chi connectivity index (χ1v) is 7.73. The Bertz CT molecular complexity index is 277. The molecule has 1 amide bonds. The van der Waals surface area contributed by atoms with Crippen molar-refractivity contribution in [3.05, 3.63) is 0 Å². The van der Waals surface area contributed by atoms with Crippen molar-refractivity contribution in [3.8, 4) is 0 Å². The van der Waals surface area contributed by atoms with Crippen LogP contribution >= 0.6 is 0 Å². The largest absolute Gasteiger partial charge is 0.346 e. The second kappa shape index (κ2) is 7.85. The lowest BCUT2D eigenvalue weighted by Gasteiger charge is -2.26. The van der Waals surface area contributed by atoms with Crippen molar-refractivity contribution in [3.63, 3.8) is 0 Å². The average Bonchev–Trinajstić information content (AvgIpc) is 2.86. The van der Waals surface area contributed by atoms with E-state index in [1.54, 1.807) is 0 Å². The molecule has 0 atom stereocenters. The van der Waals surface area contributed by atoms with E-state index >= 15 is 0 Å². The van der Waals surface area contributed by atoms with Crippen LogP contribution in [-0.2, 0) is 4.79 Å². The standard InChI is InChI=1S/C15H31N3O/c1-4-15(5-2)8-12-18(13-15)11-7-14(19)17(3)10-6-9-16/h4-13,16H2,1-3H3. The van der Waals surface area contributed by atoms with Crippen molar-refractivity contribution in [1.29, 1.82) is 0 Å². The van der Waals surface area contributed by atoms with Crippen LogP contribution in [0.25, 0.3) is 0 Å². The maximum atomic E-state index is 12.0. The molecule has 1 rings (SSSR count). The highest BCUT2D eigenvalue weighted by Gasteiger charge is 2.34. The summed E-state index contributed by atoms with van der Waals surface area (Å²) in [5.41, 5.74) is 5.97. The molecule has 0 spiro atoms. The topological polar surface area (TPSA) is 49.6 Å². The lowest BCUT2D eigenvalue weighted by atomic mass is 9.82. The van der Waals surface area contributed by atoms with Crippen LogP contribution in [0.3, 0.4) is 0 Å². The highest BCUT2D eigenvalue weighted by atomic mass is 16.2. The molecule has 2 N–H and O–H groups in total. The molecule has 19 heavy (non-hydrogen) atoms. The molecule has 112 valence electrons. The maximum absolute atomic E-state index is 12.0. The van der Waals surface area contributed by atoms with Gasteiger partial charge in [-0.2, -0.15) is 0 Å². The molecule has 0 aliphatic carbocycles. The summed E-state index contributed by atoms with van der Waals surface area (Å²) in [5.74, 6) is 0.249. The molecule has 0 aromatic carbocycles. The van der Waals surface area contributed by atoms with Gasteiger partial charge in [0, 0.05) is 33.1 Å². The third kappa shape index (κ3) is 4.77. The van der Waals surface area contributed by atoms with Crippen molar-refractivity contribution in [2.75, 3.05) is 39.8 Å². The number of amides is 1. The summed E-state index contributed by atoms with van der Waals surface area (Å²) in [6, 6.07) is 0. The van der Waals surface area contributed by atoms with Crippen molar-refractivity contribution < 1.29 is 4.79 Å². The highest BCUT2D eigenvalue weighted by molar-refractivity contribution is 5.76. The number of nitrogens with zero attached hydrogens (tertiary/aromatic N) is 2. The summed E-state index contributed by atoms with van der Waals surface area (Å²) in [6.07, 6.45) is 5.33. The van der Waals surface area contributed by atoms with Gasteiger partial charge in [0.25, 0.3) is 0 Å². The van der Waals surface area contributed by atoms with Gasteiger partial charge < -0.3 is 15.5 Å². The van der Waals surface area contributed by atoms with Gasteiger partial charge in [-0.1, -0.05) is 13.8 Å². The summed E-state index contributed by atoms with van der Waals surface area (Å²) in [7, 11) is 1.88. The lowest BCUT2D eigenvalue weighted by Crippen LogP contribution is -2.33. The minimum atomic E-state index is 0.249. The van der Waals surface area contributed by atoms with Gasteiger partial charge in [0.15, 0.2) is 0 Å². The van der Waals surface area contributed by atoms with E-state index < -0.39 is 0 Å². The van der Waals surface area contributed by atoms with E-state index in [0.717, 1.165) is 26.1 Å². The third-order valence-electron chi connectivity index (χ3n) is 4.78. The number of carbonyl (C=O) groups excluding carboxylic acids is 1. The van der Waals surface area contributed by atoms with E-state index in [9.17, 15) is 4.79 Å². The van der Waals surface area contributed by atoms with Crippen LogP contribution in [0.15, 0.2) is 0 Å². The van der Waals surface area contributed by atoms with Gasteiger partial charge in [-0.05, 0) is 44.2 Å². The molecule has 0 aromatic heterocycles. The monoisotopic (exact) mass is 269 g/mol. The summed E-state index contributed by atoms with van der Waals surface area (Å²) >= 11 is 0. The van der Waals surface area contributed by atoms with Gasteiger partial charge in [0.2, 0.25) is 5.91 Å². The van der Waals surface area contributed by atoms with Gasteiger partial charge in [-0.3, -0.25) is 4.79 Å². The summed E-state index contributed by atoms with van der Waals surface area (Å²) in [4.78, 5) is 16.2. The summed E-state index contributed by atoms with van der Waals surface area (Å²) in [5, 5.41) is 0. The average molecular weight is 269 g/mol. The normalized spacial score (nSPS) is 18.7. The van der Waals surface area contributed by atoms with E-state index in [1.807, 2.05) is 11.9 Å². The van der Waals surface area contributed by atoms with Crippen LogP contribution in [0.5, 0.6) is 0 Å². The fourth-order valence-corrected chi connectivity index (χ4v) is 2.94. The molecule has 4 nitrogen and oxygen atoms in total. The van der Waals surface area contributed by atoms with Crippen molar-refractivity contribution >= 4 is 5.91 Å². The minimum Gasteiger partial charge on any atom is -0.346 e. The summed E-state index contributed by atoms with van der Waals surface area (Å²) in [6.45, 7) is 9.24. The van der Waals surface area contributed by atoms with Crippen LogP contribution < -0.4 is 5.73 Å². The molecule has 1 aliphatic rings.